The molecule has 2 aromatic heterocycles. The number of nitrogens with zero attached hydrogens (tertiary/aromatic N) is 4. The normalized spacial score (nSPS) is 10.4. The predicted octanol–water partition coefficient (Wildman–Crippen LogP) is 1.77. The molecule has 1 amide bonds. The Bertz CT molecular complexity index is 955. The Morgan fingerprint density at radius 3 is 2.58 bits per heavy atom. The molecule has 9 nitrogen and oxygen atoms in total. The van der Waals surface area contributed by atoms with Gasteiger partial charge in [-0.15, -0.1) is 5.10 Å². The van der Waals surface area contributed by atoms with Gasteiger partial charge in [-0.25, -0.2) is 0 Å². The number of rotatable bonds is 4. The molecule has 9 heteroatoms. The van der Waals surface area contributed by atoms with Crippen LogP contribution in [0.5, 0.6) is 11.5 Å². The van der Waals surface area contributed by atoms with Gasteiger partial charge in [0.15, 0.2) is 5.82 Å². The third-order valence-electron chi connectivity index (χ3n) is 3.49. The van der Waals surface area contributed by atoms with Gasteiger partial charge >= 0.3 is 5.97 Å². The summed E-state index contributed by atoms with van der Waals surface area (Å²) >= 11 is 0. The van der Waals surface area contributed by atoms with Crippen LogP contribution in [0.15, 0.2) is 42.7 Å². The van der Waals surface area contributed by atoms with Gasteiger partial charge < -0.3 is 9.84 Å². The highest BCUT2D eigenvalue weighted by Crippen LogP contribution is 2.26. The molecule has 0 fully saturated rings. The molecule has 0 saturated heterocycles. The summed E-state index contributed by atoms with van der Waals surface area (Å²) in [6.45, 7) is 1.24. The number of nitrogens with one attached hydrogen (secondary N) is 1. The Hall–Kier alpha value is -3.75. The molecular formula is C17H15N5O4. The van der Waals surface area contributed by atoms with Crippen LogP contribution >= 0.6 is 0 Å². The molecule has 0 atom stereocenters. The SMILES string of the molecule is CC(=O)Oc1ccc(C(=O)N(C)c2n[nH]c(-c3ccncc3)n2)c(O)c1. The number of carbonyl (C=O) groups is 2. The first-order chi connectivity index (χ1) is 12.5. The van der Waals surface area contributed by atoms with E-state index in [0.29, 0.717) is 5.82 Å². The second-order valence-corrected chi connectivity index (χ2v) is 5.36. The molecule has 0 aliphatic rings. The first-order valence-electron chi connectivity index (χ1n) is 7.58. The number of pyridine rings is 1. The van der Waals surface area contributed by atoms with Crippen molar-refractivity contribution in [1.82, 2.24) is 20.2 Å². The molecule has 0 unspecified atom stereocenters. The molecule has 0 spiro atoms. The molecule has 0 saturated carbocycles. The lowest BCUT2D eigenvalue weighted by atomic mass is 10.1. The van der Waals surface area contributed by atoms with Crippen molar-refractivity contribution < 1.29 is 19.4 Å². The van der Waals surface area contributed by atoms with E-state index in [9.17, 15) is 14.7 Å². The van der Waals surface area contributed by atoms with Crippen LogP contribution in [0.4, 0.5) is 5.95 Å². The van der Waals surface area contributed by atoms with Crippen molar-refractivity contribution in [2.45, 2.75) is 6.92 Å². The number of carbonyl (C=O) groups excluding carboxylic acids is 2. The second-order valence-electron chi connectivity index (χ2n) is 5.36. The fourth-order valence-electron chi connectivity index (χ4n) is 2.24. The molecule has 1 aromatic carbocycles. The van der Waals surface area contributed by atoms with Crippen molar-refractivity contribution in [3.05, 3.63) is 48.3 Å². The van der Waals surface area contributed by atoms with Gasteiger partial charge in [0.2, 0.25) is 0 Å². The molecule has 0 aliphatic carbocycles. The van der Waals surface area contributed by atoms with E-state index in [1.807, 2.05) is 0 Å². The monoisotopic (exact) mass is 353 g/mol. The number of benzene rings is 1. The molecule has 26 heavy (non-hydrogen) atoms. The van der Waals surface area contributed by atoms with Gasteiger partial charge in [-0.1, -0.05) is 0 Å². The van der Waals surface area contributed by atoms with E-state index in [-0.39, 0.29) is 23.0 Å². The van der Waals surface area contributed by atoms with Gasteiger partial charge in [0.05, 0.1) is 5.56 Å². The molecule has 3 rings (SSSR count). The average Bonchev–Trinajstić information content (AvgIpc) is 3.11. The highest BCUT2D eigenvalue weighted by Gasteiger charge is 2.21. The van der Waals surface area contributed by atoms with E-state index in [0.717, 1.165) is 5.56 Å². The molecule has 0 radical (unpaired) electrons. The van der Waals surface area contributed by atoms with Crippen LogP contribution in [0.1, 0.15) is 17.3 Å². The Morgan fingerprint density at radius 2 is 1.92 bits per heavy atom. The standard InChI is InChI=1S/C17H15N5O4/c1-10(23)26-12-3-4-13(14(24)9-12)16(25)22(2)17-19-15(20-21-17)11-5-7-18-8-6-11/h3-9,24H,1-2H3,(H,19,20,21). The zero-order chi connectivity index (χ0) is 18.7. The van der Waals surface area contributed by atoms with Gasteiger partial charge in [0.1, 0.15) is 11.5 Å². The minimum absolute atomic E-state index is 0.0265. The van der Waals surface area contributed by atoms with Crippen molar-refractivity contribution in [2.75, 3.05) is 11.9 Å². The van der Waals surface area contributed by atoms with E-state index in [2.05, 4.69) is 20.2 Å². The number of amides is 1. The number of hydrogen-bond acceptors (Lipinski definition) is 7. The summed E-state index contributed by atoms with van der Waals surface area (Å²) in [4.78, 5) is 33.0. The fourth-order valence-corrected chi connectivity index (χ4v) is 2.24. The Kier molecular flexibility index (Phi) is 4.61. The van der Waals surface area contributed by atoms with Crippen LogP contribution in [0.2, 0.25) is 0 Å². The lowest BCUT2D eigenvalue weighted by Crippen LogP contribution is -2.27. The topological polar surface area (TPSA) is 121 Å². The number of phenolic OH excluding ortho intramolecular Hbond substituents is 1. The summed E-state index contributed by atoms with van der Waals surface area (Å²) in [6, 6.07) is 7.49. The minimum atomic E-state index is -0.523. The molecule has 3 aromatic rings. The van der Waals surface area contributed by atoms with Crippen LogP contribution in [-0.2, 0) is 4.79 Å². The van der Waals surface area contributed by atoms with Crippen LogP contribution in [0, 0.1) is 0 Å². The summed E-state index contributed by atoms with van der Waals surface area (Å²) in [6.07, 6.45) is 3.24. The van der Waals surface area contributed by atoms with E-state index in [4.69, 9.17) is 4.74 Å². The van der Waals surface area contributed by atoms with Gasteiger partial charge in [-0.05, 0) is 24.3 Å². The van der Waals surface area contributed by atoms with Crippen molar-refractivity contribution >= 4 is 17.8 Å². The maximum atomic E-state index is 12.6. The van der Waals surface area contributed by atoms with Crippen molar-refractivity contribution in [1.29, 1.82) is 0 Å². The predicted molar refractivity (Wildman–Crippen MR) is 91.8 cm³/mol. The first kappa shape index (κ1) is 17.1. The van der Waals surface area contributed by atoms with E-state index < -0.39 is 11.9 Å². The third kappa shape index (κ3) is 3.51. The quantitative estimate of drug-likeness (QED) is 0.541. The number of aromatic hydroxyl groups is 1. The number of phenols is 1. The second kappa shape index (κ2) is 7.01. The number of ether oxygens (including phenoxy) is 1. The lowest BCUT2D eigenvalue weighted by molar-refractivity contribution is -0.131. The summed E-state index contributed by atoms with van der Waals surface area (Å²) < 4.78 is 4.87. The lowest BCUT2D eigenvalue weighted by Gasteiger charge is -2.14. The van der Waals surface area contributed by atoms with Crippen LogP contribution in [0.3, 0.4) is 0 Å². The fraction of sp³-hybridized carbons (Fsp3) is 0.118. The zero-order valence-electron chi connectivity index (χ0n) is 14.0. The Balaban J connectivity index is 1.82. The van der Waals surface area contributed by atoms with E-state index >= 15 is 0 Å². The summed E-state index contributed by atoms with van der Waals surface area (Å²) in [5, 5.41) is 16.8. The van der Waals surface area contributed by atoms with E-state index in [1.165, 1.54) is 37.1 Å². The number of aromatic amines is 1. The molecule has 2 heterocycles. The molecule has 132 valence electrons. The van der Waals surface area contributed by atoms with Gasteiger partial charge in [-0.3, -0.25) is 24.6 Å². The molecular weight excluding hydrogens is 338 g/mol. The molecule has 0 aliphatic heterocycles. The van der Waals surface area contributed by atoms with Crippen molar-refractivity contribution in [3.8, 4) is 22.9 Å². The van der Waals surface area contributed by atoms with Gasteiger partial charge in [0.25, 0.3) is 11.9 Å². The van der Waals surface area contributed by atoms with Crippen LogP contribution in [0.25, 0.3) is 11.4 Å². The number of H-pyrrole nitrogens is 1. The summed E-state index contributed by atoms with van der Waals surface area (Å²) in [7, 11) is 1.49. The number of anilines is 1. The largest absolute Gasteiger partial charge is 0.507 e. The number of hydrogen-bond donors (Lipinski definition) is 2. The molecule has 2 N–H and O–H groups in total. The highest BCUT2D eigenvalue weighted by atomic mass is 16.5. The van der Waals surface area contributed by atoms with Crippen molar-refractivity contribution in [2.24, 2.45) is 0 Å². The average molecular weight is 353 g/mol. The van der Waals surface area contributed by atoms with Gasteiger partial charge in [-0.2, -0.15) is 4.98 Å². The summed E-state index contributed by atoms with van der Waals surface area (Å²) in [5.74, 6) is -0.582. The van der Waals surface area contributed by atoms with Crippen LogP contribution < -0.4 is 9.64 Å². The Morgan fingerprint density at radius 1 is 1.19 bits per heavy atom. The first-order valence-corrected chi connectivity index (χ1v) is 7.58. The van der Waals surface area contributed by atoms with Crippen molar-refractivity contribution in [3.63, 3.8) is 0 Å². The maximum absolute atomic E-state index is 12.6. The maximum Gasteiger partial charge on any atom is 0.308 e. The third-order valence-corrected chi connectivity index (χ3v) is 3.49. The van der Waals surface area contributed by atoms with E-state index in [1.54, 1.807) is 24.5 Å². The van der Waals surface area contributed by atoms with Crippen LogP contribution in [-0.4, -0.2) is 44.2 Å². The highest BCUT2D eigenvalue weighted by molar-refractivity contribution is 6.06. The summed E-state index contributed by atoms with van der Waals surface area (Å²) in [5.41, 5.74) is 0.798. The smallest absolute Gasteiger partial charge is 0.308 e. The number of esters is 1. The minimum Gasteiger partial charge on any atom is -0.507 e. The zero-order valence-corrected chi connectivity index (χ0v) is 14.0. The molecule has 0 bridgehead atoms. The Labute approximate surface area is 148 Å². The van der Waals surface area contributed by atoms with Gasteiger partial charge in [0, 0.05) is 38.0 Å². The number of aromatic nitrogens is 4.